The fourth-order valence-electron chi connectivity index (χ4n) is 5.19. The molecule has 1 aliphatic heterocycles. The lowest BCUT2D eigenvalue weighted by Crippen LogP contribution is -2.41. The summed E-state index contributed by atoms with van der Waals surface area (Å²) in [6.07, 6.45) is 11.9. The minimum absolute atomic E-state index is 0.0144. The number of hydrogen-bond donors (Lipinski definition) is 1. The Bertz CT molecular complexity index is 627. The first-order chi connectivity index (χ1) is 14.4. The minimum Gasteiger partial charge on any atom is -0.461 e. The van der Waals surface area contributed by atoms with Gasteiger partial charge in [0.25, 0.3) is 0 Å². The van der Waals surface area contributed by atoms with E-state index in [4.69, 9.17) is 14.2 Å². The zero-order valence-corrected chi connectivity index (χ0v) is 19.1. The van der Waals surface area contributed by atoms with E-state index in [-0.39, 0.29) is 42.4 Å². The number of carbonyl (C=O) groups excluding carboxylic acids is 1. The van der Waals surface area contributed by atoms with Gasteiger partial charge in [-0.1, -0.05) is 39.0 Å². The van der Waals surface area contributed by atoms with Crippen molar-refractivity contribution in [2.75, 3.05) is 6.61 Å². The predicted octanol–water partition coefficient (Wildman–Crippen LogP) is 4.79. The second-order valence-corrected chi connectivity index (χ2v) is 9.32. The van der Waals surface area contributed by atoms with Crippen LogP contribution in [0.25, 0.3) is 0 Å². The molecule has 0 bridgehead atoms. The van der Waals surface area contributed by atoms with E-state index in [2.05, 4.69) is 25.2 Å². The lowest BCUT2D eigenvalue weighted by atomic mass is 9.66. The molecule has 1 saturated heterocycles. The second kappa shape index (κ2) is 10.9. The van der Waals surface area contributed by atoms with E-state index in [1.165, 1.54) is 5.57 Å². The third-order valence-electron chi connectivity index (χ3n) is 7.15. The quantitative estimate of drug-likeness (QED) is 0.572. The van der Waals surface area contributed by atoms with Crippen LogP contribution in [-0.2, 0) is 19.0 Å². The number of hydrogen-bond acceptors (Lipinski definition) is 5. The van der Waals surface area contributed by atoms with E-state index in [1.807, 2.05) is 20.8 Å². The fraction of sp³-hybridized carbons (Fsp3) is 0.800. The topological polar surface area (TPSA) is 65.0 Å². The van der Waals surface area contributed by atoms with E-state index >= 15 is 0 Å². The summed E-state index contributed by atoms with van der Waals surface area (Å²) in [4.78, 5) is 12.5. The molecule has 5 heteroatoms. The van der Waals surface area contributed by atoms with E-state index in [0.29, 0.717) is 31.3 Å². The normalized spacial score (nSPS) is 37.2. The van der Waals surface area contributed by atoms with Gasteiger partial charge in [0.2, 0.25) is 0 Å². The number of fused-ring (bicyclic) bond motifs is 1. The molecule has 0 aromatic heterocycles. The molecule has 0 spiro atoms. The van der Waals surface area contributed by atoms with Gasteiger partial charge < -0.3 is 19.3 Å². The Hall–Kier alpha value is -1.17. The predicted molar refractivity (Wildman–Crippen MR) is 117 cm³/mol. The molecule has 0 unspecified atom stereocenters. The van der Waals surface area contributed by atoms with Gasteiger partial charge in [0, 0.05) is 18.9 Å². The van der Waals surface area contributed by atoms with E-state index in [9.17, 15) is 9.90 Å². The highest BCUT2D eigenvalue weighted by molar-refractivity contribution is 5.72. The van der Waals surface area contributed by atoms with Gasteiger partial charge in [-0.15, -0.1) is 0 Å². The van der Waals surface area contributed by atoms with Gasteiger partial charge in [-0.25, -0.2) is 0 Å². The molecule has 3 aliphatic rings. The van der Waals surface area contributed by atoms with Crippen molar-refractivity contribution in [1.82, 2.24) is 0 Å². The number of esters is 1. The molecular weight excluding hydrogens is 380 g/mol. The fourth-order valence-corrected chi connectivity index (χ4v) is 5.19. The molecule has 0 radical (unpaired) electrons. The van der Waals surface area contributed by atoms with Crippen molar-refractivity contribution in [2.45, 2.75) is 97.2 Å². The number of ether oxygens (including phenoxy) is 3. The summed E-state index contributed by atoms with van der Waals surface area (Å²) in [7, 11) is 0. The zero-order chi connectivity index (χ0) is 21.7. The summed E-state index contributed by atoms with van der Waals surface area (Å²) in [5.41, 5.74) is 1.32. The van der Waals surface area contributed by atoms with Crippen LogP contribution in [0.2, 0.25) is 0 Å². The second-order valence-electron chi connectivity index (χ2n) is 9.32. The summed E-state index contributed by atoms with van der Waals surface area (Å²) >= 11 is 0. The van der Waals surface area contributed by atoms with Crippen LogP contribution in [0.5, 0.6) is 0 Å². The maximum Gasteiger partial charge on any atom is 0.308 e. The highest BCUT2D eigenvalue weighted by atomic mass is 16.7. The molecule has 5 nitrogen and oxygen atoms in total. The Morgan fingerprint density at radius 2 is 2.10 bits per heavy atom. The lowest BCUT2D eigenvalue weighted by molar-refractivity contribution is -0.215. The van der Waals surface area contributed by atoms with Gasteiger partial charge in [0.1, 0.15) is 6.10 Å². The Morgan fingerprint density at radius 3 is 2.83 bits per heavy atom. The number of aliphatic hydroxyl groups is 1. The molecule has 1 fully saturated rings. The molecule has 1 N–H and O–H groups in total. The molecule has 1 heterocycles. The Morgan fingerprint density at radius 1 is 1.30 bits per heavy atom. The van der Waals surface area contributed by atoms with Crippen LogP contribution in [0.1, 0.15) is 72.6 Å². The minimum atomic E-state index is -0.363. The lowest BCUT2D eigenvalue weighted by Gasteiger charge is -2.42. The van der Waals surface area contributed by atoms with Crippen LogP contribution < -0.4 is 0 Å². The van der Waals surface area contributed by atoms with Gasteiger partial charge >= 0.3 is 5.97 Å². The molecule has 2 aliphatic carbocycles. The van der Waals surface area contributed by atoms with Crippen molar-refractivity contribution < 1.29 is 24.1 Å². The summed E-state index contributed by atoms with van der Waals surface area (Å²) in [5, 5.41) is 10.2. The molecule has 3 rings (SSSR count). The molecule has 0 saturated carbocycles. The van der Waals surface area contributed by atoms with Crippen molar-refractivity contribution in [3.8, 4) is 0 Å². The van der Waals surface area contributed by atoms with Crippen LogP contribution >= 0.6 is 0 Å². The van der Waals surface area contributed by atoms with Gasteiger partial charge in [-0.2, -0.15) is 0 Å². The largest absolute Gasteiger partial charge is 0.461 e. The number of allylic oxidation sites excluding steroid dienone is 3. The molecule has 0 aromatic rings. The summed E-state index contributed by atoms with van der Waals surface area (Å²) < 4.78 is 17.8. The molecule has 0 amide bonds. The number of aliphatic hydroxyl groups excluding tert-OH is 1. The first kappa shape index (κ1) is 23.5. The van der Waals surface area contributed by atoms with Crippen LogP contribution in [0.15, 0.2) is 23.8 Å². The molecule has 8 atom stereocenters. The van der Waals surface area contributed by atoms with Crippen molar-refractivity contribution >= 4 is 5.97 Å². The average molecular weight is 421 g/mol. The molecule has 0 aromatic carbocycles. The standard InChI is InChI=1S/C25H40O5/c1-5-16(3)25(27)30-22-9-7-8-18-11-10-17(4)21(24(18)22)13-12-20-14-19(26)15-23(29-20)28-6-2/h8,10-11,16-17,19-24,26H,5-7,9,12-15H2,1-4H3/t16-,17-,19+,20+,21-,22-,23-,24-/m0/s1. The summed E-state index contributed by atoms with van der Waals surface area (Å²) in [6.45, 7) is 8.78. The van der Waals surface area contributed by atoms with E-state index < -0.39 is 0 Å². The van der Waals surface area contributed by atoms with Gasteiger partial charge in [0.15, 0.2) is 6.29 Å². The Kier molecular flexibility index (Phi) is 8.55. The maximum absolute atomic E-state index is 12.5. The van der Waals surface area contributed by atoms with Crippen LogP contribution in [0.3, 0.4) is 0 Å². The number of rotatable bonds is 8. The van der Waals surface area contributed by atoms with Crippen molar-refractivity contribution in [2.24, 2.45) is 23.7 Å². The Labute approximate surface area is 181 Å². The summed E-state index contributed by atoms with van der Waals surface area (Å²) in [6, 6.07) is 0. The third kappa shape index (κ3) is 5.74. The highest BCUT2D eigenvalue weighted by Gasteiger charge is 2.41. The molecular formula is C25H40O5. The smallest absolute Gasteiger partial charge is 0.308 e. The monoisotopic (exact) mass is 420 g/mol. The first-order valence-electron chi connectivity index (χ1n) is 12.0. The van der Waals surface area contributed by atoms with Crippen LogP contribution in [0.4, 0.5) is 0 Å². The van der Waals surface area contributed by atoms with Gasteiger partial charge in [0.05, 0.1) is 18.1 Å². The number of carbonyl (C=O) groups is 1. The molecule has 170 valence electrons. The maximum atomic E-state index is 12.5. The van der Waals surface area contributed by atoms with Gasteiger partial charge in [-0.3, -0.25) is 4.79 Å². The molecule has 30 heavy (non-hydrogen) atoms. The van der Waals surface area contributed by atoms with E-state index in [1.54, 1.807) is 0 Å². The average Bonchev–Trinajstić information content (AvgIpc) is 2.72. The first-order valence-corrected chi connectivity index (χ1v) is 12.0. The third-order valence-corrected chi connectivity index (χ3v) is 7.15. The SMILES string of the molecule is CCO[C@@H]1C[C@H](O)C[C@@H](CC[C@@H]2[C@@H]3C(=CCC[C@@H]3OC(=O)[C@@H](C)CC)C=C[C@@H]2C)O1. The van der Waals surface area contributed by atoms with E-state index in [0.717, 1.165) is 32.1 Å². The van der Waals surface area contributed by atoms with Crippen molar-refractivity contribution in [3.05, 3.63) is 23.8 Å². The van der Waals surface area contributed by atoms with Crippen LogP contribution in [0, 0.1) is 23.7 Å². The Balaban J connectivity index is 1.67. The van der Waals surface area contributed by atoms with Crippen LogP contribution in [-0.4, -0.2) is 42.3 Å². The zero-order valence-electron chi connectivity index (χ0n) is 19.1. The highest BCUT2D eigenvalue weighted by Crippen LogP contribution is 2.44. The van der Waals surface area contributed by atoms with Gasteiger partial charge in [-0.05, 0) is 62.9 Å². The van der Waals surface area contributed by atoms with Crippen molar-refractivity contribution in [3.63, 3.8) is 0 Å². The summed E-state index contributed by atoms with van der Waals surface area (Å²) in [5.74, 6) is 0.962. The van der Waals surface area contributed by atoms with Crippen molar-refractivity contribution in [1.29, 1.82) is 0 Å².